The molecule has 5 aromatic rings. The maximum atomic E-state index is 12.8. The Morgan fingerprint density at radius 3 is 2.39 bits per heavy atom. The van der Waals surface area contributed by atoms with Gasteiger partial charge in [-0.3, -0.25) is 4.79 Å². The van der Waals surface area contributed by atoms with Gasteiger partial charge in [-0.25, -0.2) is 9.97 Å². The fourth-order valence-electron chi connectivity index (χ4n) is 4.86. The zero-order valence-electron chi connectivity index (χ0n) is 23.0. The number of fused-ring (bicyclic) bond motifs is 1. The Kier molecular flexibility index (Phi) is 8.98. The number of hydrogen-bond acceptors (Lipinski definition) is 8. The van der Waals surface area contributed by atoms with Crippen LogP contribution in [0, 0.1) is 0 Å². The van der Waals surface area contributed by atoms with Gasteiger partial charge in [0.25, 0.3) is 0 Å². The van der Waals surface area contributed by atoms with Crippen molar-refractivity contribution < 1.29 is 14.3 Å². The van der Waals surface area contributed by atoms with Crippen molar-refractivity contribution in [3.05, 3.63) is 96.8 Å². The van der Waals surface area contributed by atoms with Crippen molar-refractivity contribution >= 4 is 41.1 Å². The Hall–Kier alpha value is -4.18. The van der Waals surface area contributed by atoms with Gasteiger partial charge in [0.2, 0.25) is 11.6 Å². The third-order valence-corrected chi connectivity index (χ3v) is 7.00. The molecule has 1 unspecified atom stereocenters. The molecule has 2 atom stereocenters. The van der Waals surface area contributed by atoms with E-state index in [1.54, 1.807) is 0 Å². The number of thiol groups is 1. The summed E-state index contributed by atoms with van der Waals surface area (Å²) in [5, 5.41) is 17.3. The molecule has 5 rings (SSSR count). The second-order valence-corrected chi connectivity index (χ2v) is 10.8. The first kappa shape index (κ1) is 28.4. The molecule has 0 bridgehead atoms. The van der Waals surface area contributed by atoms with Crippen LogP contribution in [0.15, 0.2) is 95.7 Å². The molecule has 0 aliphatic carbocycles. The molecule has 2 heterocycles. The first-order chi connectivity index (χ1) is 19.9. The van der Waals surface area contributed by atoms with Crippen LogP contribution in [-0.4, -0.2) is 58.4 Å². The van der Waals surface area contributed by atoms with Gasteiger partial charge in [-0.1, -0.05) is 72.8 Å². The highest BCUT2D eigenvalue weighted by Crippen LogP contribution is 2.43. The highest BCUT2D eigenvalue weighted by atomic mass is 32.1. The molecular formula is C32H33N5O3S. The van der Waals surface area contributed by atoms with Crippen molar-refractivity contribution in [2.75, 3.05) is 37.9 Å². The molecule has 3 N–H and O–H groups in total. The molecule has 0 saturated carbocycles. The molecular weight excluding hydrogens is 534 g/mol. The van der Waals surface area contributed by atoms with E-state index >= 15 is 0 Å². The Balaban J connectivity index is 1.57. The third kappa shape index (κ3) is 6.77. The van der Waals surface area contributed by atoms with E-state index in [2.05, 4.69) is 33.2 Å². The fraction of sp³-hybridized carbons (Fsp3) is 0.219. The molecule has 41 heavy (non-hydrogen) atoms. The molecule has 3 aromatic carbocycles. The van der Waals surface area contributed by atoms with Crippen LogP contribution in [0.25, 0.3) is 33.6 Å². The van der Waals surface area contributed by atoms with Gasteiger partial charge in [-0.2, -0.15) is 12.6 Å². The zero-order valence-corrected chi connectivity index (χ0v) is 23.9. The van der Waals surface area contributed by atoms with Gasteiger partial charge in [-0.05, 0) is 37.4 Å². The number of amides is 1. The molecule has 0 aliphatic rings. The van der Waals surface area contributed by atoms with Crippen LogP contribution in [0.1, 0.15) is 18.0 Å². The van der Waals surface area contributed by atoms with Gasteiger partial charge in [0.15, 0.2) is 0 Å². The number of nitrogens with zero attached hydrogens (tertiary/aromatic N) is 3. The fourth-order valence-corrected chi connectivity index (χ4v) is 5.35. The summed E-state index contributed by atoms with van der Waals surface area (Å²) in [4.78, 5) is 23.8. The summed E-state index contributed by atoms with van der Waals surface area (Å²) in [6, 6.07) is 26.8. The lowest BCUT2D eigenvalue weighted by Gasteiger charge is -2.18. The second kappa shape index (κ2) is 13.0. The average molecular weight is 568 g/mol. The smallest absolute Gasteiger partial charge is 0.232 e. The predicted octanol–water partition coefficient (Wildman–Crippen LogP) is 5.89. The SMILES string of the molecule is CN(C)CC(S)CC(=O)Nc1cccc(-c2c(-c3ccccc3)oc3ncnc(N[C@H](CO)c4ccccc4)c23)c1. The number of rotatable bonds is 11. The van der Waals surface area contributed by atoms with Gasteiger partial charge in [-0.15, -0.1) is 0 Å². The molecule has 0 fully saturated rings. The van der Waals surface area contributed by atoms with Crippen LogP contribution in [0.4, 0.5) is 11.5 Å². The van der Waals surface area contributed by atoms with Crippen molar-refractivity contribution in [3.63, 3.8) is 0 Å². The first-order valence-electron chi connectivity index (χ1n) is 13.4. The maximum Gasteiger partial charge on any atom is 0.232 e. The molecule has 0 spiro atoms. The summed E-state index contributed by atoms with van der Waals surface area (Å²) in [7, 11) is 3.92. The molecule has 9 heteroatoms. The number of aromatic nitrogens is 2. The summed E-state index contributed by atoms with van der Waals surface area (Å²) >= 11 is 4.56. The molecule has 0 aliphatic heterocycles. The molecule has 210 valence electrons. The Labute approximate surface area is 244 Å². The highest BCUT2D eigenvalue weighted by molar-refractivity contribution is 7.81. The van der Waals surface area contributed by atoms with Gasteiger partial charge >= 0.3 is 0 Å². The number of aliphatic hydroxyl groups excluding tert-OH is 1. The van der Waals surface area contributed by atoms with E-state index < -0.39 is 0 Å². The first-order valence-corrected chi connectivity index (χ1v) is 13.9. The van der Waals surface area contributed by atoms with E-state index in [4.69, 9.17) is 4.42 Å². The Bertz CT molecular complexity index is 1610. The standard InChI is InChI=1S/C32H33N5O3S/c1-37(2)18-25(41)17-27(39)35-24-15-9-14-23(16-24)28-29-31(36-26(19-38)21-10-5-3-6-11-21)33-20-34-32(29)40-30(28)22-12-7-4-8-13-22/h3-16,20,25-26,38,41H,17-19H2,1-2H3,(H,35,39)(H,33,34,36)/t25?,26-/m1/s1. The van der Waals surface area contributed by atoms with E-state index in [0.717, 1.165) is 22.3 Å². The lowest BCUT2D eigenvalue weighted by molar-refractivity contribution is -0.116. The monoisotopic (exact) mass is 567 g/mol. The van der Waals surface area contributed by atoms with Crippen LogP contribution < -0.4 is 10.6 Å². The number of hydrogen-bond donors (Lipinski definition) is 4. The number of benzene rings is 3. The minimum Gasteiger partial charge on any atom is -0.437 e. The van der Waals surface area contributed by atoms with Crippen LogP contribution in [0.3, 0.4) is 0 Å². The number of furan rings is 1. The van der Waals surface area contributed by atoms with Crippen molar-refractivity contribution in [1.29, 1.82) is 0 Å². The predicted molar refractivity (Wildman–Crippen MR) is 167 cm³/mol. The summed E-state index contributed by atoms with van der Waals surface area (Å²) in [6.45, 7) is 0.571. The molecule has 1 amide bonds. The van der Waals surface area contributed by atoms with E-state index in [1.807, 2.05) is 104 Å². The topological polar surface area (TPSA) is 104 Å². The Morgan fingerprint density at radius 2 is 1.68 bits per heavy atom. The summed E-state index contributed by atoms with van der Waals surface area (Å²) < 4.78 is 6.36. The number of nitrogens with one attached hydrogen (secondary N) is 2. The minimum absolute atomic E-state index is 0.0782. The van der Waals surface area contributed by atoms with E-state index in [-0.39, 0.29) is 23.8 Å². The molecule has 2 aromatic heterocycles. The van der Waals surface area contributed by atoms with E-state index in [0.29, 0.717) is 41.3 Å². The van der Waals surface area contributed by atoms with Crippen LogP contribution in [-0.2, 0) is 4.79 Å². The van der Waals surface area contributed by atoms with Gasteiger partial charge in [0.05, 0.1) is 18.0 Å². The van der Waals surface area contributed by atoms with Crippen molar-refractivity contribution in [3.8, 4) is 22.5 Å². The van der Waals surface area contributed by atoms with Crippen LogP contribution >= 0.6 is 12.6 Å². The zero-order chi connectivity index (χ0) is 28.8. The molecule has 8 nitrogen and oxygen atoms in total. The summed E-state index contributed by atoms with van der Waals surface area (Å²) in [5.74, 6) is 1.06. The number of aliphatic hydroxyl groups is 1. The molecule has 0 radical (unpaired) electrons. The van der Waals surface area contributed by atoms with Crippen molar-refractivity contribution in [2.24, 2.45) is 0 Å². The number of carbonyl (C=O) groups excluding carboxylic acids is 1. The van der Waals surface area contributed by atoms with Gasteiger partial charge in [0.1, 0.15) is 17.9 Å². The lowest BCUT2D eigenvalue weighted by Crippen LogP contribution is -2.26. The summed E-state index contributed by atoms with van der Waals surface area (Å²) in [5.41, 5.74) is 4.50. The average Bonchev–Trinajstić information content (AvgIpc) is 3.37. The van der Waals surface area contributed by atoms with Crippen LogP contribution in [0.5, 0.6) is 0 Å². The van der Waals surface area contributed by atoms with Crippen molar-refractivity contribution in [2.45, 2.75) is 17.7 Å². The quantitative estimate of drug-likeness (QED) is 0.148. The second-order valence-electron chi connectivity index (χ2n) is 10.1. The number of anilines is 2. The summed E-state index contributed by atoms with van der Waals surface area (Å²) in [6.07, 6.45) is 1.74. The van der Waals surface area contributed by atoms with E-state index in [1.165, 1.54) is 6.33 Å². The highest BCUT2D eigenvalue weighted by Gasteiger charge is 2.24. The van der Waals surface area contributed by atoms with Gasteiger partial charge < -0.3 is 25.1 Å². The van der Waals surface area contributed by atoms with Crippen molar-refractivity contribution in [1.82, 2.24) is 14.9 Å². The maximum absolute atomic E-state index is 12.8. The van der Waals surface area contributed by atoms with Crippen LogP contribution in [0.2, 0.25) is 0 Å². The van der Waals surface area contributed by atoms with E-state index in [9.17, 15) is 9.90 Å². The minimum atomic E-state index is -0.390. The Morgan fingerprint density at radius 1 is 0.976 bits per heavy atom. The lowest BCUT2D eigenvalue weighted by atomic mass is 9.98. The van der Waals surface area contributed by atoms with Gasteiger partial charge in [0, 0.05) is 35.0 Å². The normalized spacial score (nSPS) is 12.8. The largest absolute Gasteiger partial charge is 0.437 e. The molecule has 0 saturated heterocycles. The third-order valence-electron chi connectivity index (χ3n) is 6.65. The number of carbonyl (C=O) groups is 1.